The van der Waals surface area contributed by atoms with Gasteiger partial charge in [-0.15, -0.1) is 11.6 Å². The number of carbonyl (C=O) groups is 1. The topological polar surface area (TPSA) is 29.1 Å². The van der Waals surface area contributed by atoms with Gasteiger partial charge in [-0.2, -0.15) is 0 Å². The third-order valence-corrected chi connectivity index (χ3v) is 2.96. The molecule has 0 atom stereocenters. The normalized spacial score (nSPS) is 10.3. The zero-order valence-corrected chi connectivity index (χ0v) is 11.2. The highest BCUT2D eigenvalue weighted by Crippen LogP contribution is 2.06. The molecule has 0 radical (unpaired) electrons. The lowest BCUT2D eigenvalue weighted by atomic mass is 10.1. The summed E-state index contributed by atoms with van der Waals surface area (Å²) in [5, 5.41) is 2.80. The van der Waals surface area contributed by atoms with E-state index in [-0.39, 0.29) is 18.1 Å². The fourth-order valence-corrected chi connectivity index (χ4v) is 1.87. The molecule has 0 bridgehead atoms. The molecular formula is C14H19ClFNO. The lowest BCUT2D eigenvalue weighted by molar-refractivity contribution is -0.120. The van der Waals surface area contributed by atoms with Crippen molar-refractivity contribution in [3.05, 3.63) is 35.6 Å². The molecule has 0 aliphatic carbocycles. The Labute approximate surface area is 113 Å². The van der Waals surface area contributed by atoms with Gasteiger partial charge in [0.25, 0.3) is 0 Å². The van der Waals surface area contributed by atoms with Crippen LogP contribution in [0.1, 0.15) is 31.2 Å². The maximum atomic E-state index is 13.3. The molecule has 0 aliphatic rings. The van der Waals surface area contributed by atoms with E-state index in [9.17, 15) is 9.18 Å². The molecule has 1 aromatic rings. The number of rotatable bonds is 8. The van der Waals surface area contributed by atoms with Crippen LogP contribution in [0.2, 0.25) is 0 Å². The molecule has 0 saturated carbocycles. The van der Waals surface area contributed by atoms with E-state index in [0.29, 0.717) is 18.0 Å². The van der Waals surface area contributed by atoms with E-state index in [1.807, 2.05) is 0 Å². The zero-order chi connectivity index (χ0) is 13.2. The number of hydrogen-bond donors (Lipinski definition) is 1. The SMILES string of the molecule is O=C(Cc1ccccc1F)NCCCCCCCl. The van der Waals surface area contributed by atoms with Crippen molar-refractivity contribution in [2.24, 2.45) is 0 Å². The number of hydrogen-bond acceptors (Lipinski definition) is 1. The second-order valence-corrected chi connectivity index (χ2v) is 4.60. The van der Waals surface area contributed by atoms with Crippen molar-refractivity contribution >= 4 is 17.5 Å². The average molecular weight is 272 g/mol. The molecular weight excluding hydrogens is 253 g/mol. The first-order valence-electron chi connectivity index (χ1n) is 6.30. The molecule has 100 valence electrons. The first-order chi connectivity index (χ1) is 8.74. The molecule has 0 unspecified atom stereocenters. The van der Waals surface area contributed by atoms with Crippen LogP contribution in [0.5, 0.6) is 0 Å². The minimum Gasteiger partial charge on any atom is -0.356 e. The van der Waals surface area contributed by atoms with E-state index in [1.54, 1.807) is 18.2 Å². The van der Waals surface area contributed by atoms with Gasteiger partial charge in [-0.1, -0.05) is 31.0 Å². The predicted octanol–water partition coefficient (Wildman–Crippen LogP) is 3.28. The predicted molar refractivity (Wildman–Crippen MR) is 72.3 cm³/mol. The molecule has 1 N–H and O–H groups in total. The molecule has 4 heteroatoms. The van der Waals surface area contributed by atoms with Crippen molar-refractivity contribution in [1.82, 2.24) is 5.32 Å². The van der Waals surface area contributed by atoms with Gasteiger partial charge in [0, 0.05) is 12.4 Å². The van der Waals surface area contributed by atoms with Crippen LogP contribution in [-0.4, -0.2) is 18.3 Å². The van der Waals surface area contributed by atoms with E-state index in [1.165, 1.54) is 6.07 Å². The van der Waals surface area contributed by atoms with Crippen molar-refractivity contribution in [2.75, 3.05) is 12.4 Å². The van der Waals surface area contributed by atoms with Crippen molar-refractivity contribution < 1.29 is 9.18 Å². The van der Waals surface area contributed by atoms with Gasteiger partial charge in [-0.05, 0) is 24.5 Å². The number of halogens is 2. The standard InChI is InChI=1S/C14H19ClFNO/c15-9-5-1-2-6-10-17-14(18)11-12-7-3-4-8-13(12)16/h3-4,7-8H,1-2,5-6,9-11H2,(H,17,18). The van der Waals surface area contributed by atoms with Crippen LogP contribution in [0.15, 0.2) is 24.3 Å². The number of benzene rings is 1. The monoisotopic (exact) mass is 271 g/mol. The first-order valence-corrected chi connectivity index (χ1v) is 6.83. The van der Waals surface area contributed by atoms with E-state index in [2.05, 4.69) is 5.32 Å². The van der Waals surface area contributed by atoms with Crippen molar-refractivity contribution in [1.29, 1.82) is 0 Å². The van der Waals surface area contributed by atoms with Crippen LogP contribution < -0.4 is 5.32 Å². The van der Waals surface area contributed by atoms with Crippen LogP contribution in [0.3, 0.4) is 0 Å². The lowest BCUT2D eigenvalue weighted by Gasteiger charge is -2.05. The smallest absolute Gasteiger partial charge is 0.224 e. The summed E-state index contributed by atoms with van der Waals surface area (Å²) in [5.41, 5.74) is 0.442. The number of unbranched alkanes of at least 4 members (excludes halogenated alkanes) is 3. The van der Waals surface area contributed by atoms with Gasteiger partial charge in [0.15, 0.2) is 0 Å². The Bertz CT molecular complexity index is 371. The molecule has 0 heterocycles. The summed E-state index contributed by atoms with van der Waals surface area (Å²) in [6, 6.07) is 6.36. The average Bonchev–Trinajstić information content (AvgIpc) is 2.36. The summed E-state index contributed by atoms with van der Waals surface area (Å²) in [6.45, 7) is 0.648. The number of nitrogens with one attached hydrogen (secondary N) is 1. The molecule has 0 aliphatic heterocycles. The van der Waals surface area contributed by atoms with E-state index < -0.39 is 0 Å². The summed E-state index contributed by atoms with van der Waals surface area (Å²) < 4.78 is 13.3. The minimum atomic E-state index is -0.324. The molecule has 1 amide bonds. The number of carbonyl (C=O) groups excluding carboxylic acids is 1. The summed E-state index contributed by atoms with van der Waals surface area (Å²) in [6.07, 6.45) is 4.22. The molecule has 18 heavy (non-hydrogen) atoms. The lowest BCUT2D eigenvalue weighted by Crippen LogP contribution is -2.26. The molecule has 1 aromatic carbocycles. The van der Waals surface area contributed by atoms with E-state index in [0.717, 1.165) is 25.7 Å². The summed E-state index contributed by atoms with van der Waals surface area (Å²) in [4.78, 5) is 11.6. The van der Waals surface area contributed by atoms with Gasteiger partial charge >= 0.3 is 0 Å². The van der Waals surface area contributed by atoms with Gasteiger partial charge in [-0.25, -0.2) is 4.39 Å². The van der Waals surface area contributed by atoms with E-state index >= 15 is 0 Å². The maximum absolute atomic E-state index is 13.3. The Hall–Kier alpha value is -1.09. The maximum Gasteiger partial charge on any atom is 0.224 e. The van der Waals surface area contributed by atoms with Gasteiger partial charge < -0.3 is 5.32 Å². The van der Waals surface area contributed by atoms with Crippen LogP contribution in [0.4, 0.5) is 4.39 Å². The van der Waals surface area contributed by atoms with Crippen molar-refractivity contribution in [3.8, 4) is 0 Å². The largest absolute Gasteiger partial charge is 0.356 e. The second kappa shape index (κ2) is 8.92. The number of alkyl halides is 1. The Kier molecular flexibility index (Phi) is 7.42. The van der Waals surface area contributed by atoms with Crippen LogP contribution in [0, 0.1) is 5.82 Å². The Balaban J connectivity index is 2.16. The van der Waals surface area contributed by atoms with E-state index in [4.69, 9.17) is 11.6 Å². The third-order valence-electron chi connectivity index (χ3n) is 2.69. The van der Waals surface area contributed by atoms with Gasteiger partial charge in [-0.3, -0.25) is 4.79 Å². The fourth-order valence-electron chi connectivity index (χ4n) is 1.68. The molecule has 0 fully saturated rings. The third kappa shape index (κ3) is 6.01. The number of amides is 1. The Morgan fingerprint density at radius 1 is 1.17 bits per heavy atom. The highest BCUT2D eigenvalue weighted by atomic mass is 35.5. The zero-order valence-electron chi connectivity index (χ0n) is 10.4. The first kappa shape index (κ1) is 15.0. The summed E-state index contributed by atoms with van der Waals surface area (Å²) in [5.74, 6) is 0.242. The van der Waals surface area contributed by atoms with Crippen LogP contribution in [0.25, 0.3) is 0 Å². The van der Waals surface area contributed by atoms with Gasteiger partial charge in [0.1, 0.15) is 5.82 Å². The Morgan fingerprint density at radius 3 is 2.61 bits per heavy atom. The van der Waals surface area contributed by atoms with Crippen molar-refractivity contribution in [3.63, 3.8) is 0 Å². The van der Waals surface area contributed by atoms with Gasteiger partial charge in [0.05, 0.1) is 6.42 Å². The fraction of sp³-hybridized carbons (Fsp3) is 0.500. The van der Waals surface area contributed by atoms with Crippen LogP contribution >= 0.6 is 11.6 Å². The van der Waals surface area contributed by atoms with Crippen molar-refractivity contribution in [2.45, 2.75) is 32.1 Å². The molecule has 2 nitrogen and oxygen atoms in total. The molecule has 1 rings (SSSR count). The molecule has 0 aromatic heterocycles. The second-order valence-electron chi connectivity index (χ2n) is 4.22. The van der Waals surface area contributed by atoms with Gasteiger partial charge in [0.2, 0.25) is 5.91 Å². The summed E-state index contributed by atoms with van der Waals surface area (Å²) in [7, 11) is 0. The minimum absolute atomic E-state index is 0.106. The van der Waals surface area contributed by atoms with Crippen LogP contribution in [-0.2, 0) is 11.2 Å². The summed E-state index contributed by atoms with van der Waals surface area (Å²) >= 11 is 5.56. The quantitative estimate of drug-likeness (QED) is 0.571. The molecule has 0 saturated heterocycles. The highest BCUT2D eigenvalue weighted by molar-refractivity contribution is 6.17. The molecule has 0 spiro atoms. The highest BCUT2D eigenvalue weighted by Gasteiger charge is 2.06. The Morgan fingerprint density at radius 2 is 1.89 bits per heavy atom.